The maximum Gasteiger partial charge on any atom is 0.342 e. The largest absolute Gasteiger partial charge is 0.508 e. The molecule has 1 unspecified atom stereocenters. The molecule has 0 saturated carbocycles. The minimum atomic E-state index is -1.91. The number of halogens is 2. The van der Waals surface area contributed by atoms with Crippen LogP contribution in [0.4, 0.5) is 8.78 Å². The van der Waals surface area contributed by atoms with Crippen molar-refractivity contribution < 1.29 is 63.9 Å². The molecule has 0 fully saturated rings. The molecular weight excluding hydrogens is 514 g/mol. The first kappa shape index (κ1) is 27.8. The van der Waals surface area contributed by atoms with E-state index in [2.05, 4.69) is 0 Å². The quantitative estimate of drug-likeness (QED) is 0.222. The molecule has 3 aromatic carbocycles. The highest BCUT2D eigenvalue weighted by molar-refractivity contribution is 5.90. The number of phenolic OH excluding ortho intramolecular Hbond substituents is 7. The summed E-state index contributed by atoms with van der Waals surface area (Å²) in [4.78, 5) is 10.6. The Labute approximate surface area is 213 Å². The van der Waals surface area contributed by atoms with Gasteiger partial charge < -0.3 is 50.3 Å². The first-order valence-corrected chi connectivity index (χ1v) is 11.0. The number of aromatic hydroxyl groups is 7. The first-order valence-electron chi connectivity index (χ1n) is 11.0. The van der Waals surface area contributed by atoms with Crippen LogP contribution in [0.3, 0.4) is 0 Å². The van der Waals surface area contributed by atoms with Crippen LogP contribution in [0, 0.1) is 11.6 Å². The predicted molar refractivity (Wildman–Crippen MR) is 125 cm³/mol. The summed E-state index contributed by atoms with van der Waals surface area (Å²) >= 11 is 0. The van der Waals surface area contributed by atoms with Crippen molar-refractivity contribution >= 4 is 5.97 Å². The van der Waals surface area contributed by atoms with Crippen molar-refractivity contribution in [2.45, 2.75) is 38.9 Å². The number of rotatable bonds is 4. The molecule has 0 radical (unpaired) electrons. The summed E-state index contributed by atoms with van der Waals surface area (Å²) in [5, 5.41) is 74.7. The summed E-state index contributed by atoms with van der Waals surface area (Å²) in [6.45, 7) is 2.97. The number of hydrogen-bond acceptors (Lipinski definition) is 10. The second-order valence-corrected chi connectivity index (χ2v) is 8.50. The molecule has 204 valence electrons. The number of carbonyl (C=O) groups is 1. The van der Waals surface area contributed by atoms with Crippen LogP contribution in [-0.4, -0.2) is 52.9 Å². The van der Waals surface area contributed by atoms with Gasteiger partial charge in [0, 0.05) is 17.7 Å². The fourth-order valence-corrected chi connectivity index (χ4v) is 3.68. The Bertz CT molecular complexity index is 1370. The second kappa shape index (κ2) is 10.7. The van der Waals surface area contributed by atoms with Crippen molar-refractivity contribution in [3.05, 3.63) is 52.6 Å². The van der Waals surface area contributed by atoms with Gasteiger partial charge in [0.15, 0.2) is 34.6 Å². The van der Waals surface area contributed by atoms with Gasteiger partial charge in [0.25, 0.3) is 0 Å². The molecule has 3 aromatic rings. The van der Waals surface area contributed by atoms with Gasteiger partial charge in [0.2, 0.25) is 11.5 Å². The molecule has 0 aromatic heterocycles. The summed E-state index contributed by atoms with van der Waals surface area (Å²) in [5.74, 6) is -9.87. The van der Waals surface area contributed by atoms with E-state index in [1.165, 1.54) is 38.1 Å². The number of aromatic carboxylic acids is 1. The molecule has 0 amide bonds. The predicted octanol–water partition coefficient (Wildman–Crippen LogP) is 4.14. The number of fused-ring (bicyclic) bond motifs is 1. The van der Waals surface area contributed by atoms with Crippen molar-refractivity contribution in [1.29, 1.82) is 0 Å². The van der Waals surface area contributed by atoms with E-state index < -0.39 is 69.9 Å². The Morgan fingerprint density at radius 3 is 2.05 bits per heavy atom. The Balaban J connectivity index is 0.000000216. The van der Waals surface area contributed by atoms with E-state index in [-0.39, 0.29) is 11.5 Å². The monoisotopic (exact) mass is 538 g/mol. The lowest BCUT2D eigenvalue weighted by Gasteiger charge is -2.27. The summed E-state index contributed by atoms with van der Waals surface area (Å²) in [5.41, 5.74) is -0.275. The fraction of sp³-hybridized carbons (Fsp3) is 0.240. The molecule has 0 aliphatic carbocycles. The lowest BCUT2D eigenvalue weighted by molar-refractivity contribution is 0.0682. The highest BCUT2D eigenvalue weighted by atomic mass is 19.1. The van der Waals surface area contributed by atoms with Crippen LogP contribution in [0.15, 0.2) is 24.3 Å². The van der Waals surface area contributed by atoms with E-state index in [0.717, 1.165) is 0 Å². The van der Waals surface area contributed by atoms with Crippen LogP contribution in [0.25, 0.3) is 0 Å². The molecule has 1 aliphatic heterocycles. The summed E-state index contributed by atoms with van der Waals surface area (Å²) in [6, 6.07) is 5.28. The lowest BCUT2D eigenvalue weighted by atomic mass is 9.96. The minimum absolute atomic E-state index is 0.0279. The van der Waals surface area contributed by atoms with Gasteiger partial charge in [-0.2, -0.15) is 0 Å². The van der Waals surface area contributed by atoms with E-state index in [1.807, 2.05) is 0 Å². The average molecular weight is 538 g/mol. The number of phenols is 7. The van der Waals surface area contributed by atoms with Gasteiger partial charge in [-0.1, -0.05) is 0 Å². The second-order valence-electron chi connectivity index (χ2n) is 8.50. The molecule has 8 N–H and O–H groups in total. The molecule has 13 heteroatoms. The Kier molecular flexibility index (Phi) is 7.79. The zero-order valence-corrected chi connectivity index (χ0v) is 19.9. The summed E-state index contributed by atoms with van der Waals surface area (Å²) < 4.78 is 37.3. The third-order valence-electron chi connectivity index (χ3n) is 5.41. The van der Waals surface area contributed by atoms with Crippen molar-refractivity contribution in [3.8, 4) is 51.7 Å². The molecule has 1 atom stereocenters. The third-order valence-corrected chi connectivity index (χ3v) is 5.41. The fourth-order valence-electron chi connectivity index (χ4n) is 3.68. The smallest absolute Gasteiger partial charge is 0.342 e. The molecule has 0 saturated heterocycles. The Morgan fingerprint density at radius 1 is 0.895 bits per heavy atom. The van der Waals surface area contributed by atoms with Crippen LogP contribution in [-0.2, 0) is 6.42 Å². The molecule has 0 spiro atoms. The molecular formula is C25H24F2O11. The number of carboxylic acids is 1. The van der Waals surface area contributed by atoms with Crippen LogP contribution in [0.5, 0.6) is 51.7 Å². The minimum Gasteiger partial charge on any atom is -0.508 e. The van der Waals surface area contributed by atoms with Crippen molar-refractivity contribution in [1.82, 2.24) is 0 Å². The molecule has 0 bridgehead atoms. The topological polar surface area (TPSA) is 197 Å². The molecule has 4 rings (SSSR count). The Hall–Kier alpha value is -4.81. The lowest BCUT2D eigenvalue weighted by Crippen LogP contribution is -2.15. The summed E-state index contributed by atoms with van der Waals surface area (Å²) in [7, 11) is 0. The summed E-state index contributed by atoms with van der Waals surface area (Å²) in [6.07, 6.45) is -0.0123. The van der Waals surface area contributed by atoms with Gasteiger partial charge >= 0.3 is 5.97 Å². The van der Waals surface area contributed by atoms with Crippen LogP contribution >= 0.6 is 0 Å². The van der Waals surface area contributed by atoms with E-state index in [1.54, 1.807) is 0 Å². The zero-order chi connectivity index (χ0) is 28.5. The van der Waals surface area contributed by atoms with Gasteiger partial charge in [0.05, 0.1) is 6.10 Å². The van der Waals surface area contributed by atoms with Gasteiger partial charge in [-0.05, 0) is 44.4 Å². The molecule has 1 heterocycles. The van der Waals surface area contributed by atoms with Crippen molar-refractivity contribution in [2.24, 2.45) is 0 Å². The maximum absolute atomic E-state index is 13.6. The number of carboxylic acid groups (broad SMARTS) is 1. The number of hydrogen-bond donors (Lipinski definition) is 8. The van der Waals surface area contributed by atoms with Gasteiger partial charge in [-0.25, -0.2) is 13.6 Å². The SMILES string of the molecule is CC(C)Oc1c(O)c(O)c(F)c(C(=O)O)c1F.Oc1cc(O)c2c(c1)OC(c1cc(O)c(O)c(O)c1)CC2. The standard InChI is InChI=1S/C15H14O6.C10H10F2O5/c16-8-5-10(17)9-1-2-13(21-14(9)6-8)7-3-11(18)15(20)12(19)4-7;1-3(2)17-9-6(12)4(10(15)16)5(11)7(13)8(9)14/h3-6,13,16-20H,1-2H2;3,13-14H,1-2H3,(H,15,16). The number of benzene rings is 3. The maximum atomic E-state index is 13.6. The molecule has 38 heavy (non-hydrogen) atoms. The Morgan fingerprint density at radius 2 is 1.50 bits per heavy atom. The van der Waals surface area contributed by atoms with E-state index in [9.17, 15) is 44.2 Å². The van der Waals surface area contributed by atoms with E-state index >= 15 is 0 Å². The normalized spacial score (nSPS) is 14.2. The van der Waals surface area contributed by atoms with Crippen molar-refractivity contribution in [2.75, 3.05) is 0 Å². The van der Waals surface area contributed by atoms with Crippen molar-refractivity contribution in [3.63, 3.8) is 0 Å². The number of ether oxygens (including phenoxy) is 2. The van der Waals surface area contributed by atoms with E-state index in [4.69, 9.17) is 19.7 Å². The first-order chi connectivity index (χ1) is 17.7. The van der Waals surface area contributed by atoms with Crippen LogP contribution < -0.4 is 9.47 Å². The highest BCUT2D eigenvalue weighted by Crippen LogP contribution is 2.45. The average Bonchev–Trinajstić information content (AvgIpc) is 2.83. The van der Waals surface area contributed by atoms with Gasteiger partial charge in [-0.3, -0.25) is 0 Å². The van der Waals surface area contributed by atoms with Crippen LogP contribution in [0.2, 0.25) is 0 Å². The van der Waals surface area contributed by atoms with Gasteiger partial charge in [-0.15, -0.1) is 0 Å². The van der Waals surface area contributed by atoms with Gasteiger partial charge in [0.1, 0.15) is 28.9 Å². The van der Waals surface area contributed by atoms with Crippen LogP contribution in [0.1, 0.15) is 47.9 Å². The molecule has 1 aliphatic rings. The highest BCUT2D eigenvalue weighted by Gasteiger charge is 2.30. The zero-order valence-electron chi connectivity index (χ0n) is 19.9. The third kappa shape index (κ3) is 5.45. The van der Waals surface area contributed by atoms with E-state index in [0.29, 0.717) is 29.7 Å². The molecule has 11 nitrogen and oxygen atoms in total.